The van der Waals surface area contributed by atoms with Crippen molar-refractivity contribution in [3.05, 3.63) is 18.2 Å². The summed E-state index contributed by atoms with van der Waals surface area (Å²) < 4.78 is 1.60. The van der Waals surface area contributed by atoms with E-state index in [1.54, 1.807) is 11.6 Å². The summed E-state index contributed by atoms with van der Waals surface area (Å²) in [7, 11) is 1.72. The van der Waals surface area contributed by atoms with Gasteiger partial charge in [0.15, 0.2) is 5.84 Å². The standard InChI is InChI=1S/C10H17N5O2/c1-3-4-7(9(11)14-17)13-10(16)8-5-12-6-15(8)2/h5-7,17H,3-4H2,1-2H3,(H2,11,14)(H,13,16). The summed E-state index contributed by atoms with van der Waals surface area (Å²) in [6, 6.07) is -0.465. The number of amides is 1. The quantitative estimate of drug-likeness (QED) is 0.292. The van der Waals surface area contributed by atoms with Crippen molar-refractivity contribution >= 4 is 11.7 Å². The van der Waals surface area contributed by atoms with Crippen LogP contribution in [0.3, 0.4) is 0 Å². The monoisotopic (exact) mass is 239 g/mol. The number of nitrogens with one attached hydrogen (secondary N) is 1. The third-order valence-corrected chi connectivity index (χ3v) is 2.40. The normalized spacial score (nSPS) is 13.4. The van der Waals surface area contributed by atoms with Gasteiger partial charge in [0.25, 0.3) is 5.91 Å². The lowest BCUT2D eigenvalue weighted by atomic mass is 10.1. The lowest BCUT2D eigenvalue weighted by Crippen LogP contribution is -2.44. The summed E-state index contributed by atoms with van der Waals surface area (Å²) in [5.74, 6) is -0.294. The molecule has 0 aromatic carbocycles. The second kappa shape index (κ2) is 5.88. The minimum absolute atomic E-state index is 0.00219. The van der Waals surface area contributed by atoms with Gasteiger partial charge in [0.1, 0.15) is 5.69 Å². The number of amidine groups is 1. The van der Waals surface area contributed by atoms with Crippen LogP contribution in [0.15, 0.2) is 17.7 Å². The van der Waals surface area contributed by atoms with E-state index < -0.39 is 6.04 Å². The van der Waals surface area contributed by atoms with Crippen LogP contribution in [-0.4, -0.2) is 32.5 Å². The Hall–Kier alpha value is -2.05. The molecular formula is C10H17N5O2. The average Bonchev–Trinajstić information content (AvgIpc) is 2.73. The van der Waals surface area contributed by atoms with Crippen LogP contribution in [0.25, 0.3) is 0 Å². The van der Waals surface area contributed by atoms with Crippen molar-refractivity contribution in [2.45, 2.75) is 25.8 Å². The number of rotatable bonds is 5. The number of nitrogens with two attached hydrogens (primary N) is 1. The molecule has 1 unspecified atom stereocenters. The third-order valence-electron chi connectivity index (χ3n) is 2.40. The van der Waals surface area contributed by atoms with E-state index in [9.17, 15) is 4.79 Å². The Balaban J connectivity index is 2.74. The highest BCUT2D eigenvalue weighted by molar-refractivity contribution is 5.96. The highest BCUT2D eigenvalue weighted by Crippen LogP contribution is 2.01. The fourth-order valence-corrected chi connectivity index (χ4v) is 1.46. The van der Waals surface area contributed by atoms with Crippen molar-refractivity contribution in [3.63, 3.8) is 0 Å². The van der Waals surface area contributed by atoms with Crippen molar-refractivity contribution in [2.24, 2.45) is 17.9 Å². The Labute approximate surface area is 99.3 Å². The van der Waals surface area contributed by atoms with Gasteiger partial charge in [-0.3, -0.25) is 4.79 Å². The smallest absolute Gasteiger partial charge is 0.270 e. The molecule has 7 heteroatoms. The first-order valence-electron chi connectivity index (χ1n) is 5.34. The Kier molecular flexibility index (Phi) is 4.50. The van der Waals surface area contributed by atoms with Gasteiger partial charge < -0.3 is 20.8 Å². The van der Waals surface area contributed by atoms with Crippen LogP contribution in [0.4, 0.5) is 0 Å². The molecule has 0 bridgehead atoms. The topological polar surface area (TPSA) is 106 Å². The van der Waals surface area contributed by atoms with Crippen molar-refractivity contribution in [3.8, 4) is 0 Å². The van der Waals surface area contributed by atoms with Crippen LogP contribution >= 0.6 is 0 Å². The fraction of sp³-hybridized carbons (Fsp3) is 0.500. The maximum Gasteiger partial charge on any atom is 0.270 e. The molecule has 0 spiro atoms. The number of imidazole rings is 1. The average molecular weight is 239 g/mol. The van der Waals surface area contributed by atoms with Gasteiger partial charge in [0, 0.05) is 7.05 Å². The molecule has 0 aliphatic carbocycles. The van der Waals surface area contributed by atoms with Gasteiger partial charge in [-0.05, 0) is 6.42 Å². The van der Waals surface area contributed by atoms with E-state index in [-0.39, 0.29) is 11.7 Å². The van der Waals surface area contributed by atoms with Gasteiger partial charge >= 0.3 is 0 Å². The molecule has 1 atom stereocenters. The number of nitrogens with zero attached hydrogens (tertiary/aromatic N) is 3. The molecule has 0 fully saturated rings. The number of aryl methyl sites for hydroxylation is 1. The van der Waals surface area contributed by atoms with Crippen molar-refractivity contribution < 1.29 is 10.0 Å². The third kappa shape index (κ3) is 3.20. The second-order valence-corrected chi connectivity index (χ2v) is 3.73. The maximum atomic E-state index is 11.9. The molecule has 0 radical (unpaired) electrons. The van der Waals surface area contributed by atoms with Gasteiger partial charge in [0.2, 0.25) is 0 Å². The van der Waals surface area contributed by atoms with E-state index in [1.165, 1.54) is 12.5 Å². The first kappa shape index (κ1) is 13.0. The molecule has 4 N–H and O–H groups in total. The van der Waals surface area contributed by atoms with Crippen LogP contribution in [0.2, 0.25) is 0 Å². The molecule has 1 amide bonds. The van der Waals surface area contributed by atoms with E-state index in [0.717, 1.165) is 6.42 Å². The van der Waals surface area contributed by atoms with E-state index in [4.69, 9.17) is 10.9 Å². The Morgan fingerprint density at radius 3 is 2.94 bits per heavy atom. The van der Waals surface area contributed by atoms with Crippen LogP contribution in [0.5, 0.6) is 0 Å². The Morgan fingerprint density at radius 1 is 1.76 bits per heavy atom. The van der Waals surface area contributed by atoms with Crippen LogP contribution in [-0.2, 0) is 7.05 Å². The van der Waals surface area contributed by atoms with Crippen LogP contribution in [0.1, 0.15) is 30.3 Å². The second-order valence-electron chi connectivity index (χ2n) is 3.73. The van der Waals surface area contributed by atoms with E-state index in [2.05, 4.69) is 15.5 Å². The summed E-state index contributed by atoms with van der Waals surface area (Å²) in [4.78, 5) is 15.7. The van der Waals surface area contributed by atoms with Gasteiger partial charge in [-0.2, -0.15) is 0 Å². The number of oxime groups is 1. The number of carbonyl (C=O) groups is 1. The first-order valence-corrected chi connectivity index (χ1v) is 5.34. The summed E-state index contributed by atoms with van der Waals surface area (Å²) in [5, 5.41) is 14.2. The molecule has 0 saturated carbocycles. The SMILES string of the molecule is CCCC(NC(=O)c1cncn1C)C(N)=NO. The minimum atomic E-state index is -0.465. The highest BCUT2D eigenvalue weighted by atomic mass is 16.4. The predicted octanol–water partition coefficient (Wildman–Crippen LogP) is 0.0650. The molecule has 1 heterocycles. The van der Waals surface area contributed by atoms with Crippen LogP contribution in [0, 0.1) is 0 Å². The molecule has 1 rings (SSSR count). The first-order chi connectivity index (χ1) is 8.10. The molecule has 0 saturated heterocycles. The van der Waals surface area contributed by atoms with Crippen molar-refractivity contribution in [1.82, 2.24) is 14.9 Å². The Bertz CT molecular complexity index is 413. The highest BCUT2D eigenvalue weighted by Gasteiger charge is 2.18. The zero-order valence-electron chi connectivity index (χ0n) is 9.92. The van der Waals surface area contributed by atoms with E-state index in [1.807, 2.05) is 6.92 Å². The summed E-state index contributed by atoms with van der Waals surface area (Å²) in [6.07, 6.45) is 4.42. The number of hydrogen-bond acceptors (Lipinski definition) is 4. The van der Waals surface area contributed by atoms with Gasteiger partial charge in [0.05, 0.1) is 18.6 Å². The van der Waals surface area contributed by atoms with E-state index in [0.29, 0.717) is 12.1 Å². The van der Waals surface area contributed by atoms with Crippen molar-refractivity contribution in [2.75, 3.05) is 0 Å². The molecule has 0 aliphatic heterocycles. The summed E-state index contributed by atoms with van der Waals surface area (Å²) >= 11 is 0. The van der Waals surface area contributed by atoms with Gasteiger partial charge in [-0.25, -0.2) is 4.98 Å². The lowest BCUT2D eigenvalue weighted by Gasteiger charge is -2.16. The maximum absolute atomic E-state index is 11.9. The molecule has 94 valence electrons. The zero-order valence-corrected chi connectivity index (χ0v) is 9.92. The minimum Gasteiger partial charge on any atom is -0.409 e. The fourth-order valence-electron chi connectivity index (χ4n) is 1.46. The molecule has 17 heavy (non-hydrogen) atoms. The van der Waals surface area contributed by atoms with E-state index >= 15 is 0 Å². The lowest BCUT2D eigenvalue weighted by molar-refractivity contribution is 0.0936. The predicted molar refractivity (Wildman–Crippen MR) is 62.8 cm³/mol. The van der Waals surface area contributed by atoms with Crippen molar-refractivity contribution in [1.29, 1.82) is 0 Å². The molecule has 0 aliphatic rings. The molecular weight excluding hydrogens is 222 g/mol. The van der Waals surface area contributed by atoms with Gasteiger partial charge in [-0.15, -0.1) is 0 Å². The summed E-state index contributed by atoms with van der Waals surface area (Å²) in [6.45, 7) is 1.95. The Morgan fingerprint density at radius 2 is 2.47 bits per heavy atom. The molecule has 1 aromatic heterocycles. The largest absolute Gasteiger partial charge is 0.409 e. The number of aromatic nitrogens is 2. The number of hydrogen-bond donors (Lipinski definition) is 3. The molecule has 7 nitrogen and oxygen atoms in total. The van der Waals surface area contributed by atoms with Crippen LogP contribution < -0.4 is 11.1 Å². The zero-order chi connectivity index (χ0) is 12.8. The summed E-state index contributed by atoms with van der Waals surface area (Å²) in [5.41, 5.74) is 5.93. The number of carbonyl (C=O) groups excluding carboxylic acids is 1. The molecule has 1 aromatic rings. The van der Waals surface area contributed by atoms with Gasteiger partial charge in [-0.1, -0.05) is 18.5 Å².